The molecule has 18 heavy (non-hydrogen) atoms. The Hall–Kier alpha value is -0.910. The zero-order chi connectivity index (χ0) is 14.3. The van der Waals surface area contributed by atoms with Crippen LogP contribution in [-0.4, -0.2) is 44.8 Å². The summed E-state index contributed by atoms with van der Waals surface area (Å²) in [7, 11) is 2.34. The van der Waals surface area contributed by atoms with E-state index < -0.39 is 31.8 Å². The Bertz CT molecular complexity index is 287. The minimum Gasteiger partial charge on any atom is -0.467 e. The van der Waals surface area contributed by atoms with Gasteiger partial charge in [-0.05, 0) is 20.8 Å². The minimum absolute atomic E-state index is 0.657. The second-order valence-corrected chi connectivity index (χ2v) is 6.04. The van der Waals surface area contributed by atoms with Crippen LogP contribution in [0.4, 0.5) is 4.79 Å². The lowest BCUT2D eigenvalue weighted by molar-refractivity contribution is -0.141. The maximum Gasteiger partial charge on any atom is 0.408 e. The van der Waals surface area contributed by atoms with E-state index in [9.17, 15) is 9.59 Å². The lowest BCUT2D eigenvalue weighted by Gasteiger charge is -2.25. The maximum absolute atomic E-state index is 11.6. The van der Waals surface area contributed by atoms with Crippen LogP contribution in [0.2, 0.25) is 0 Å². The molecule has 0 rings (SSSR count). The highest BCUT2D eigenvalue weighted by Gasteiger charge is 2.33. The van der Waals surface area contributed by atoms with Crippen LogP contribution in [0, 0.1) is 0 Å². The molecule has 0 spiro atoms. The zero-order valence-electron chi connectivity index (χ0n) is 11.5. The summed E-state index contributed by atoms with van der Waals surface area (Å²) in [4.78, 5) is 23.1. The van der Waals surface area contributed by atoms with Gasteiger partial charge in [0.05, 0.1) is 7.11 Å². The van der Waals surface area contributed by atoms with Crippen LogP contribution >= 0.6 is 8.38 Å². The highest BCUT2D eigenvalue weighted by molar-refractivity contribution is 7.49. The first-order valence-corrected chi connectivity index (χ1v) is 6.44. The third-order valence-corrected chi connectivity index (χ3v) is 3.13. The van der Waals surface area contributed by atoms with Crippen LogP contribution in [0.15, 0.2) is 0 Å². The Morgan fingerprint density at radius 3 is 1.94 bits per heavy atom. The first kappa shape index (κ1) is 17.1. The van der Waals surface area contributed by atoms with Crippen LogP contribution < -0.4 is 5.32 Å². The van der Waals surface area contributed by atoms with Crippen LogP contribution in [0.3, 0.4) is 0 Å². The average Bonchev–Trinajstić information content (AvgIpc) is 2.25. The van der Waals surface area contributed by atoms with Gasteiger partial charge in [0.2, 0.25) is 8.38 Å². The van der Waals surface area contributed by atoms with E-state index >= 15 is 0 Å². The van der Waals surface area contributed by atoms with Crippen LogP contribution in [0.5, 0.6) is 0 Å². The van der Waals surface area contributed by atoms with Crippen molar-refractivity contribution in [3.05, 3.63) is 0 Å². The fourth-order valence-corrected chi connectivity index (χ4v) is 2.07. The Morgan fingerprint density at radius 2 is 1.61 bits per heavy atom. The minimum atomic E-state index is -1.63. The van der Waals surface area contributed by atoms with Crippen molar-refractivity contribution in [2.45, 2.75) is 32.2 Å². The lowest BCUT2D eigenvalue weighted by Crippen LogP contribution is -2.43. The van der Waals surface area contributed by atoms with Gasteiger partial charge in [0.15, 0.2) is 5.78 Å². The molecule has 0 saturated heterocycles. The predicted octanol–water partition coefficient (Wildman–Crippen LogP) is 1.61. The lowest BCUT2D eigenvalue weighted by atomic mass is 10.2. The molecule has 106 valence electrons. The van der Waals surface area contributed by atoms with Crippen molar-refractivity contribution in [1.82, 2.24) is 5.32 Å². The van der Waals surface area contributed by atoms with Gasteiger partial charge in [-0.25, -0.2) is 9.59 Å². The predicted molar refractivity (Wildman–Crippen MR) is 66.1 cm³/mol. The molecule has 0 aromatic rings. The fraction of sp³-hybridized carbons (Fsp3) is 0.800. The van der Waals surface area contributed by atoms with Crippen molar-refractivity contribution >= 4 is 20.4 Å². The number of amides is 1. The molecule has 1 atom stereocenters. The fourth-order valence-electron chi connectivity index (χ4n) is 1.01. The molecule has 7 nitrogen and oxygen atoms in total. The van der Waals surface area contributed by atoms with E-state index in [2.05, 4.69) is 10.1 Å². The highest BCUT2D eigenvalue weighted by Crippen LogP contribution is 2.41. The van der Waals surface area contributed by atoms with Crippen molar-refractivity contribution < 1.29 is 28.1 Å². The smallest absolute Gasteiger partial charge is 0.408 e. The second kappa shape index (κ2) is 7.51. The van der Waals surface area contributed by atoms with Crippen molar-refractivity contribution in [3.63, 3.8) is 0 Å². The summed E-state index contributed by atoms with van der Waals surface area (Å²) in [6.07, 6.45) is -0.737. The van der Waals surface area contributed by atoms with E-state index in [1.807, 2.05) is 0 Å². The average molecular weight is 281 g/mol. The number of methoxy groups -OCH3 is 1. The molecule has 0 aromatic heterocycles. The topological polar surface area (TPSA) is 83.1 Å². The summed E-state index contributed by atoms with van der Waals surface area (Å²) in [5.41, 5.74) is -0.659. The largest absolute Gasteiger partial charge is 0.467 e. The van der Waals surface area contributed by atoms with Crippen LogP contribution in [-0.2, 0) is 23.3 Å². The molecular formula is C10H20NO6P. The van der Waals surface area contributed by atoms with E-state index in [0.29, 0.717) is 0 Å². The van der Waals surface area contributed by atoms with Crippen molar-refractivity contribution in [2.75, 3.05) is 21.3 Å². The SMILES string of the molecule is COC(=O)C(NC(=O)OC(C)(C)C)P(OC)OC. The van der Waals surface area contributed by atoms with E-state index in [1.165, 1.54) is 21.3 Å². The molecule has 0 aliphatic heterocycles. The molecule has 8 heteroatoms. The number of nitrogens with one attached hydrogen (secondary N) is 1. The van der Waals surface area contributed by atoms with Gasteiger partial charge in [0, 0.05) is 14.2 Å². The van der Waals surface area contributed by atoms with Gasteiger partial charge in [-0.2, -0.15) is 0 Å². The molecule has 0 heterocycles. The van der Waals surface area contributed by atoms with E-state index in [4.69, 9.17) is 13.8 Å². The van der Waals surface area contributed by atoms with E-state index in [1.54, 1.807) is 20.8 Å². The highest BCUT2D eigenvalue weighted by atomic mass is 31.2. The number of ether oxygens (including phenoxy) is 2. The third-order valence-electron chi connectivity index (χ3n) is 1.65. The summed E-state index contributed by atoms with van der Waals surface area (Å²) in [6.45, 7) is 5.15. The van der Waals surface area contributed by atoms with Gasteiger partial charge < -0.3 is 23.8 Å². The van der Waals surface area contributed by atoms with E-state index in [-0.39, 0.29) is 0 Å². The van der Waals surface area contributed by atoms with Gasteiger partial charge in [0.1, 0.15) is 5.60 Å². The molecule has 1 amide bonds. The van der Waals surface area contributed by atoms with Gasteiger partial charge in [-0.3, -0.25) is 0 Å². The summed E-state index contributed by atoms with van der Waals surface area (Å²) in [5, 5.41) is 2.37. The molecular weight excluding hydrogens is 261 g/mol. The zero-order valence-corrected chi connectivity index (χ0v) is 12.4. The second-order valence-electron chi connectivity index (χ2n) is 4.22. The molecule has 0 aliphatic carbocycles. The van der Waals surface area contributed by atoms with Crippen molar-refractivity contribution in [3.8, 4) is 0 Å². The quantitative estimate of drug-likeness (QED) is 0.609. The molecule has 1 unspecified atom stereocenters. The molecule has 0 aromatic carbocycles. The van der Waals surface area contributed by atoms with Crippen molar-refractivity contribution in [1.29, 1.82) is 0 Å². The number of hydrogen-bond donors (Lipinski definition) is 1. The first-order valence-electron chi connectivity index (χ1n) is 5.20. The number of carbonyl (C=O) groups is 2. The van der Waals surface area contributed by atoms with Gasteiger partial charge in [-0.1, -0.05) is 0 Å². The van der Waals surface area contributed by atoms with Crippen LogP contribution in [0.1, 0.15) is 20.8 Å². The maximum atomic E-state index is 11.6. The Kier molecular flexibility index (Phi) is 7.13. The Morgan fingerprint density at radius 1 is 1.11 bits per heavy atom. The molecule has 0 radical (unpaired) electrons. The summed E-state index contributed by atoms with van der Waals surface area (Å²) in [6, 6.07) is 0. The molecule has 1 N–H and O–H groups in total. The normalized spacial score (nSPS) is 13.1. The molecule has 0 fully saturated rings. The Balaban J connectivity index is 4.69. The summed E-state index contributed by atoms with van der Waals surface area (Å²) < 4.78 is 19.6. The molecule has 0 bridgehead atoms. The van der Waals surface area contributed by atoms with Crippen molar-refractivity contribution in [2.24, 2.45) is 0 Å². The Labute approximate surface area is 108 Å². The monoisotopic (exact) mass is 281 g/mol. The summed E-state index contributed by atoms with van der Waals surface area (Å²) >= 11 is 0. The van der Waals surface area contributed by atoms with Gasteiger partial charge in [-0.15, -0.1) is 0 Å². The molecule has 0 saturated carbocycles. The third kappa shape index (κ3) is 6.14. The number of carbonyl (C=O) groups excluding carboxylic acids is 2. The number of rotatable bonds is 5. The molecule has 0 aliphatic rings. The number of hydrogen-bond acceptors (Lipinski definition) is 6. The standard InChI is InChI=1S/C10H20NO6P/c1-10(2,3)17-9(13)11-7(8(12)14-4)18(15-5)16-6/h7H,1-6H3,(H,11,13). The summed E-state index contributed by atoms with van der Waals surface area (Å²) in [5.74, 6) is -1.69. The van der Waals surface area contributed by atoms with Gasteiger partial charge in [0.25, 0.3) is 0 Å². The number of alkyl carbamates (subject to hydrolysis) is 1. The number of esters is 1. The van der Waals surface area contributed by atoms with Crippen LogP contribution in [0.25, 0.3) is 0 Å². The van der Waals surface area contributed by atoms with Gasteiger partial charge >= 0.3 is 12.1 Å². The first-order chi connectivity index (χ1) is 8.25. The van der Waals surface area contributed by atoms with E-state index in [0.717, 1.165) is 0 Å².